The van der Waals surface area contributed by atoms with Crippen LogP contribution >= 0.6 is 0 Å². The van der Waals surface area contributed by atoms with Gasteiger partial charge in [-0.2, -0.15) is 0 Å². The zero-order valence-corrected chi connectivity index (χ0v) is 11.2. The number of fused-ring (bicyclic) bond motifs is 1. The lowest BCUT2D eigenvalue weighted by molar-refractivity contribution is 0.280. The van der Waals surface area contributed by atoms with Gasteiger partial charge in [0.1, 0.15) is 5.75 Å². The largest absolute Gasteiger partial charge is 0.493 e. The molecule has 0 radical (unpaired) electrons. The smallest absolute Gasteiger partial charge is 0.125 e. The van der Waals surface area contributed by atoms with Crippen LogP contribution in [0, 0.1) is 5.92 Å². The van der Waals surface area contributed by atoms with E-state index in [2.05, 4.69) is 30.4 Å². The molecule has 0 aromatic heterocycles. The first kappa shape index (κ1) is 12.0. The first-order valence-corrected chi connectivity index (χ1v) is 7.30. The number of aryl methyl sites for hydroxylation is 1. The summed E-state index contributed by atoms with van der Waals surface area (Å²) in [5.41, 5.74) is 2.81. The third kappa shape index (κ3) is 2.54. The zero-order chi connectivity index (χ0) is 12.4. The van der Waals surface area contributed by atoms with E-state index in [0.717, 1.165) is 25.4 Å². The van der Waals surface area contributed by atoms with Gasteiger partial charge in [-0.3, -0.25) is 0 Å². The minimum atomic E-state index is 0.637. The molecule has 1 aromatic rings. The summed E-state index contributed by atoms with van der Waals surface area (Å²) in [7, 11) is 0. The van der Waals surface area contributed by atoms with E-state index in [1.54, 1.807) is 0 Å². The van der Waals surface area contributed by atoms with Crippen molar-refractivity contribution in [3.8, 4) is 5.75 Å². The number of piperidine rings is 1. The van der Waals surface area contributed by atoms with E-state index in [0.29, 0.717) is 6.04 Å². The second-order valence-corrected chi connectivity index (χ2v) is 5.85. The molecule has 2 heteroatoms. The lowest BCUT2D eigenvalue weighted by Gasteiger charge is -2.29. The summed E-state index contributed by atoms with van der Waals surface area (Å²) >= 11 is 0. The highest BCUT2D eigenvalue weighted by Crippen LogP contribution is 2.30. The van der Waals surface area contributed by atoms with Gasteiger partial charge in [0.15, 0.2) is 0 Å². The normalized spacial score (nSPS) is 27.4. The number of benzene rings is 1. The third-order valence-electron chi connectivity index (χ3n) is 4.24. The molecule has 0 spiro atoms. The molecule has 0 aliphatic carbocycles. The predicted octanol–water partition coefficient (Wildman–Crippen LogP) is 2.94. The van der Waals surface area contributed by atoms with Gasteiger partial charge in [0.05, 0.1) is 6.61 Å². The summed E-state index contributed by atoms with van der Waals surface area (Å²) in [5.74, 6) is 2.02. The molecular formula is C16H23NO. The first-order valence-electron chi connectivity index (χ1n) is 7.30. The maximum absolute atomic E-state index is 5.89. The van der Waals surface area contributed by atoms with Crippen molar-refractivity contribution >= 4 is 0 Å². The molecule has 3 rings (SSSR count). The van der Waals surface area contributed by atoms with Crippen molar-refractivity contribution in [2.45, 2.75) is 45.1 Å². The van der Waals surface area contributed by atoms with E-state index < -0.39 is 0 Å². The first-order chi connectivity index (χ1) is 8.83. The van der Waals surface area contributed by atoms with Gasteiger partial charge in [-0.05, 0) is 55.7 Å². The van der Waals surface area contributed by atoms with Crippen molar-refractivity contribution in [2.75, 3.05) is 13.2 Å². The van der Waals surface area contributed by atoms with Gasteiger partial charge in [-0.15, -0.1) is 0 Å². The van der Waals surface area contributed by atoms with Crippen LogP contribution in [0.15, 0.2) is 18.2 Å². The number of rotatable bonds is 2. The van der Waals surface area contributed by atoms with Crippen LogP contribution < -0.4 is 10.1 Å². The van der Waals surface area contributed by atoms with Gasteiger partial charge in [-0.25, -0.2) is 0 Å². The Hall–Kier alpha value is -1.02. The van der Waals surface area contributed by atoms with E-state index in [-0.39, 0.29) is 0 Å². The summed E-state index contributed by atoms with van der Waals surface area (Å²) in [6.45, 7) is 4.39. The van der Waals surface area contributed by atoms with Crippen molar-refractivity contribution in [3.05, 3.63) is 29.3 Å². The lowest BCUT2D eigenvalue weighted by atomic mass is 9.91. The Balaban J connectivity index is 1.72. The fraction of sp³-hybridized carbons (Fsp3) is 0.625. The molecule has 2 unspecified atom stereocenters. The topological polar surface area (TPSA) is 21.3 Å². The predicted molar refractivity (Wildman–Crippen MR) is 74.2 cm³/mol. The minimum Gasteiger partial charge on any atom is -0.493 e. The van der Waals surface area contributed by atoms with Crippen molar-refractivity contribution in [1.82, 2.24) is 5.32 Å². The molecule has 1 N–H and O–H groups in total. The van der Waals surface area contributed by atoms with Gasteiger partial charge in [0.2, 0.25) is 0 Å². The molecule has 2 atom stereocenters. The number of hydrogen-bond acceptors (Lipinski definition) is 2. The lowest BCUT2D eigenvalue weighted by Crippen LogP contribution is -2.39. The molecule has 1 fully saturated rings. The zero-order valence-electron chi connectivity index (χ0n) is 11.2. The number of hydrogen-bond donors (Lipinski definition) is 1. The van der Waals surface area contributed by atoms with Crippen LogP contribution in [0.3, 0.4) is 0 Å². The molecule has 0 bridgehead atoms. The van der Waals surface area contributed by atoms with Crippen LogP contribution in [-0.4, -0.2) is 19.2 Å². The highest BCUT2D eigenvalue weighted by atomic mass is 16.5. The Labute approximate surface area is 110 Å². The fourth-order valence-electron chi connectivity index (χ4n) is 3.12. The summed E-state index contributed by atoms with van der Waals surface area (Å²) < 4.78 is 5.89. The van der Waals surface area contributed by atoms with E-state index in [9.17, 15) is 0 Å². The molecule has 0 amide bonds. The molecule has 2 aliphatic rings. The third-order valence-corrected chi connectivity index (χ3v) is 4.24. The van der Waals surface area contributed by atoms with E-state index in [1.165, 1.54) is 42.7 Å². The van der Waals surface area contributed by atoms with Crippen LogP contribution in [0.1, 0.15) is 37.3 Å². The van der Waals surface area contributed by atoms with E-state index >= 15 is 0 Å². The average molecular weight is 245 g/mol. The Bertz CT molecular complexity index is 408. The standard InChI is InChI=1S/C16H23NO/c1-12-7-8-15(17-11-12)10-14-5-2-4-13-6-3-9-18-16(13)14/h2,4-5,12,15,17H,3,6-11H2,1H3. The summed E-state index contributed by atoms with van der Waals surface area (Å²) in [4.78, 5) is 0. The Morgan fingerprint density at radius 3 is 3.11 bits per heavy atom. The number of para-hydroxylation sites is 1. The Kier molecular flexibility index (Phi) is 3.55. The highest BCUT2D eigenvalue weighted by Gasteiger charge is 2.21. The van der Waals surface area contributed by atoms with E-state index in [1.807, 2.05) is 0 Å². The average Bonchev–Trinajstić information content (AvgIpc) is 2.42. The maximum atomic E-state index is 5.89. The van der Waals surface area contributed by atoms with Gasteiger partial charge in [0, 0.05) is 6.04 Å². The van der Waals surface area contributed by atoms with Crippen LogP contribution in [-0.2, 0) is 12.8 Å². The molecule has 1 saturated heterocycles. The second-order valence-electron chi connectivity index (χ2n) is 5.85. The molecule has 98 valence electrons. The van der Waals surface area contributed by atoms with Crippen LogP contribution in [0.5, 0.6) is 5.75 Å². The van der Waals surface area contributed by atoms with E-state index in [4.69, 9.17) is 4.74 Å². The quantitative estimate of drug-likeness (QED) is 0.865. The number of nitrogens with one attached hydrogen (secondary N) is 1. The second kappa shape index (κ2) is 5.31. The summed E-state index contributed by atoms with van der Waals surface area (Å²) in [6.07, 6.45) is 6.11. The summed E-state index contributed by atoms with van der Waals surface area (Å²) in [6, 6.07) is 7.28. The highest BCUT2D eigenvalue weighted by molar-refractivity contribution is 5.43. The number of ether oxygens (including phenoxy) is 1. The fourth-order valence-corrected chi connectivity index (χ4v) is 3.12. The van der Waals surface area contributed by atoms with Crippen LogP contribution in [0.4, 0.5) is 0 Å². The summed E-state index contributed by atoms with van der Waals surface area (Å²) in [5, 5.41) is 3.67. The van der Waals surface area contributed by atoms with Crippen molar-refractivity contribution in [1.29, 1.82) is 0 Å². The monoisotopic (exact) mass is 245 g/mol. The molecule has 2 aliphatic heterocycles. The maximum Gasteiger partial charge on any atom is 0.125 e. The van der Waals surface area contributed by atoms with Gasteiger partial charge in [-0.1, -0.05) is 25.1 Å². The van der Waals surface area contributed by atoms with Gasteiger partial charge >= 0.3 is 0 Å². The SMILES string of the molecule is CC1CCC(Cc2cccc3c2OCCC3)NC1. The Morgan fingerprint density at radius 1 is 1.33 bits per heavy atom. The van der Waals surface area contributed by atoms with Crippen molar-refractivity contribution < 1.29 is 4.74 Å². The van der Waals surface area contributed by atoms with Crippen molar-refractivity contribution in [3.63, 3.8) is 0 Å². The van der Waals surface area contributed by atoms with Crippen LogP contribution in [0.2, 0.25) is 0 Å². The molecule has 18 heavy (non-hydrogen) atoms. The molecule has 2 nitrogen and oxygen atoms in total. The Morgan fingerprint density at radius 2 is 2.28 bits per heavy atom. The minimum absolute atomic E-state index is 0.637. The molecular weight excluding hydrogens is 222 g/mol. The van der Waals surface area contributed by atoms with Gasteiger partial charge < -0.3 is 10.1 Å². The molecule has 0 saturated carbocycles. The van der Waals surface area contributed by atoms with Gasteiger partial charge in [0.25, 0.3) is 0 Å². The molecule has 1 aromatic carbocycles. The molecule has 2 heterocycles. The van der Waals surface area contributed by atoms with Crippen molar-refractivity contribution in [2.24, 2.45) is 5.92 Å². The van der Waals surface area contributed by atoms with Crippen LogP contribution in [0.25, 0.3) is 0 Å².